The molecule has 2 aromatic carbocycles. The Morgan fingerprint density at radius 2 is 1.88 bits per heavy atom. The number of hydrogen-bond donors (Lipinski definition) is 1. The van der Waals surface area contributed by atoms with Crippen LogP contribution in [0.1, 0.15) is 16.0 Å². The Morgan fingerprint density at radius 3 is 2.56 bits per heavy atom. The largest absolute Gasteiger partial charge is 0.272 e. The van der Waals surface area contributed by atoms with Gasteiger partial charge in [-0.25, -0.2) is 5.43 Å². The first kappa shape index (κ1) is 22.3. The highest BCUT2D eigenvalue weighted by atomic mass is 35.5. The van der Waals surface area contributed by atoms with Crippen molar-refractivity contribution >= 4 is 46.8 Å². The van der Waals surface area contributed by atoms with Crippen LogP contribution in [0, 0.1) is 13.8 Å². The van der Waals surface area contributed by atoms with Gasteiger partial charge in [0.05, 0.1) is 12.0 Å². The lowest BCUT2D eigenvalue weighted by Crippen LogP contribution is -2.20. The number of halogens is 1. The highest BCUT2D eigenvalue weighted by molar-refractivity contribution is 7.99. The molecule has 0 spiro atoms. The zero-order valence-electron chi connectivity index (χ0n) is 17.4. The van der Waals surface area contributed by atoms with Crippen LogP contribution in [0.15, 0.2) is 70.2 Å². The van der Waals surface area contributed by atoms with E-state index in [2.05, 4.69) is 20.7 Å². The van der Waals surface area contributed by atoms with E-state index < -0.39 is 0 Å². The van der Waals surface area contributed by atoms with E-state index in [4.69, 9.17) is 11.6 Å². The van der Waals surface area contributed by atoms with Crippen LogP contribution in [0.4, 0.5) is 0 Å². The van der Waals surface area contributed by atoms with Crippen LogP contribution in [0.25, 0.3) is 17.1 Å². The third-order valence-corrected chi connectivity index (χ3v) is 6.77. The SMILES string of the molecule is Cc1ccc(-c2nnc(SCC(=O)N/N=C/c3sccc3C)n2-c2ccc(Cl)cc2)cc1. The van der Waals surface area contributed by atoms with Crippen molar-refractivity contribution in [3.05, 3.63) is 81.0 Å². The Kier molecular flexibility index (Phi) is 7.04. The summed E-state index contributed by atoms with van der Waals surface area (Å²) in [7, 11) is 0. The van der Waals surface area contributed by atoms with Gasteiger partial charge in [0.2, 0.25) is 0 Å². The third kappa shape index (κ3) is 5.27. The Bertz CT molecular complexity index is 1250. The number of benzene rings is 2. The Morgan fingerprint density at radius 1 is 1.12 bits per heavy atom. The van der Waals surface area contributed by atoms with Crippen LogP contribution < -0.4 is 5.43 Å². The van der Waals surface area contributed by atoms with Gasteiger partial charge in [0.25, 0.3) is 5.91 Å². The molecule has 4 rings (SSSR count). The van der Waals surface area contributed by atoms with Gasteiger partial charge in [-0.05, 0) is 55.1 Å². The summed E-state index contributed by atoms with van der Waals surface area (Å²) in [5.41, 5.74) is 6.66. The first-order valence-electron chi connectivity index (χ1n) is 9.78. The van der Waals surface area contributed by atoms with E-state index in [1.54, 1.807) is 17.6 Å². The minimum atomic E-state index is -0.219. The van der Waals surface area contributed by atoms with Crippen LogP contribution >= 0.6 is 34.7 Å². The van der Waals surface area contributed by atoms with Gasteiger partial charge in [-0.15, -0.1) is 21.5 Å². The van der Waals surface area contributed by atoms with E-state index in [1.165, 1.54) is 11.8 Å². The van der Waals surface area contributed by atoms with Gasteiger partial charge in [0, 0.05) is 21.2 Å². The molecule has 162 valence electrons. The van der Waals surface area contributed by atoms with Crippen molar-refractivity contribution in [2.75, 3.05) is 5.75 Å². The van der Waals surface area contributed by atoms with E-state index in [-0.39, 0.29) is 11.7 Å². The summed E-state index contributed by atoms with van der Waals surface area (Å²) >= 11 is 8.95. The molecule has 0 unspecified atom stereocenters. The summed E-state index contributed by atoms with van der Waals surface area (Å²) in [6, 6.07) is 17.5. The molecule has 1 N–H and O–H groups in total. The van der Waals surface area contributed by atoms with Crippen molar-refractivity contribution in [2.45, 2.75) is 19.0 Å². The number of amides is 1. The van der Waals surface area contributed by atoms with Gasteiger partial charge in [-0.3, -0.25) is 9.36 Å². The van der Waals surface area contributed by atoms with Gasteiger partial charge >= 0.3 is 0 Å². The average Bonchev–Trinajstić information content (AvgIpc) is 3.40. The number of carbonyl (C=O) groups excluding carboxylic acids is 1. The van der Waals surface area contributed by atoms with Gasteiger partial charge in [0.15, 0.2) is 11.0 Å². The van der Waals surface area contributed by atoms with Gasteiger partial charge in [0.1, 0.15) is 0 Å². The number of thioether (sulfide) groups is 1. The second-order valence-electron chi connectivity index (χ2n) is 7.03. The number of aromatic nitrogens is 3. The van der Waals surface area contributed by atoms with Crippen LogP contribution in [-0.4, -0.2) is 32.6 Å². The molecule has 4 aromatic rings. The maximum absolute atomic E-state index is 12.3. The Labute approximate surface area is 199 Å². The predicted molar refractivity (Wildman–Crippen MR) is 132 cm³/mol. The second-order valence-corrected chi connectivity index (χ2v) is 9.36. The first-order valence-corrected chi connectivity index (χ1v) is 12.0. The Balaban J connectivity index is 1.53. The zero-order chi connectivity index (χ0) is 22.5. The Hall–Kier alpha value is -2.94. The molecular formula is C23H20ClN5OS2. The second kappa shape index (κ2) is 10.1. The number of nitrogens with one attached hydrogen (secondary N) is 1. The fraction of sp³-hybridized carbons (Fsp3) is 0.130. The van der Waals surface area contributed by atoms with Crippen molar-refractivity contribution in [1.82, 2.24) is 20.2 Å². The molecule has 2 heterocycles. The molecule has 0 aliphatic heterocycles. The lowest BCUT2D eigenvalue weighted by molar-refractivity contribution is -0.118. The maximum Gasteiger partial charge on any atom is 0.250 e. The van der Waals surface area contributed by atoms with Crippen molar-refractivity contribution < 1.29 is 4.79 Å². The van der Waals surface area contributed by atoms with Crippen molar-refractivity contribution in [2.24, 2.45) is 5.10 Å². The maximum atomic E-state index is 12.3. The molecule has 0 fully saturated rings. The summed E-state index contributed by atoms with van der Waals surface area (Å²) in [4.78, 5) is 13.3. The van der Waals surface area contributed by atoms with Crippen LogP contribution in [-0.2, 0) is 4.79 Å². The van der Waals surface area contributed by atoms with Crippen molar-refractivity contribution in [3.8, 4) is 17.1 Å². The van der Waals surface area contributed by atoms with E-state index in [0.717, 1.165) is 27.3 Å². The highest BCUT2D eigenvalue weighted by Crippen LogP contribution is 2.28. The van der Waals surface area contributed by atoms with E-state index >= 15 is 0 Å². The summed E-state index contributed by atoms with van der Waals surface area (Å²) in [5.74, 6) is 0.629. The minimum absolute atomic E-state index is 0.153. The number of aryl methyl sites for hydroxylation is 2. The van der Waals surface area contributed by atoms with Crippen LogP contribution in [0.5, 0.6) is 0 Å². The molecule has 0 atom stereocenters. The summed E-state index contributed by atoms with van der Waals surface area (Å²) in [6.45, 7) is 4.04. The lowest BCUT2D eigenvalue weighted by atomic mass is 10.1. The monoisotopic (exact) mass is 481 g/mol. The van der Waals surface area contributed by atoms with E-state index in [9.17, 15) is 4.79 Å². The third-order valence-electron chi connectivity index (χ3n) is 4.63. The molecule has 0 radical (unpaired) electrons. The molecule has 32 heavy (non-hydrogen) atoms. The number of nitrogens with zero attached hydrogens (tertiary/aromatic N) is 4. The van der Waals surface area contributed by atoms with Gasteiger partial charge in [-0.1, -0.05) is 53.2 Å². The topological polar surface area (TPSA) is 72.2 Å². The number of hydrazone groups is 1. The average molecular weight is 482 g/mol. The molecule has 0 aliphatic carbocycles. The van der Waals surface area contributed by atoms with E-state index in [1.807, 2.05) is 78.4 Å². The summed E-state index contributed by atoms with van der Waals surface area (Å²) < 4.78 is 1.93. The van der Waals surface area contributed by atoms with Crippen LogP contribution in [0.3, 0.4) is 0 Å². The molecular weight excluding hydrogens is 462 g/mol. The quantitative estimate of drug-likeness (QED) is 0.214. The van der Waals surface area contributed by atoms with E-state index in [0.29, 0.717) is 16.0 Å². The summed E-state index contributed by atoms with van der Waals surface area (Å²) in [6.07, 6.45) is 1.66. The van der Waals surface area contributed by atoms with Gasteiger partial charge in [-0.2, -0.15) is 5.10 Å². The molecule has 0 saturated heterocycles. The molecule has 0 bridgehead atoms. The molecule has 6 nitrogen and oxygen atoms in total. The number of carbonyl (C=O) groups is 1. The van der Waals surface area contributed by atoms with Crippen LogP contribution in [0.2, 0.25) is 5.02 Å². The standard InChI is InChI=1S/C23H20ClN5OS2/c1-15-3-5-17(6-4-15)22-27-28-23(29(22)19-9-7-18(24)8-10-19)32-14-21(30)26-25-13-20-16(2)11-12-31-20/h3-13H,14H2,1-2H3,(H,26,30)/b25-13+. The van der Waals surface area contributed by atoms with Crippen molar-refractivity contribution in [1.29, 1.82) is 0 Å². The lowest BCUT2D eigenvalue weighted by Gasteiger charge is -2.10. The molecule has 0 aliphatic rings. The zero-order valence-corrected chi connectivity index (χ0v) is 19.8. The van der Waals surface area contributed by atoms with Gasteiger partial charge < -0.3 is 0 Å². The fourth-order valence-corrected chi connectivity index (χ4v) is 4.57. The number of thiophene rings is 1. The normalized spacial score (nSPS) is 11.2. The smallest absolute Gasteiger partial charge is 0.250 e. The molecule has 0 saturated carbocycles. The highest BCUT2D eigenvalue weighted by Gasteiger charge is 2.17. The molecule has 1 amide bonds. The first-order chi connectivity index (χ1) is 15.5. The summed E-state index contributed by atoms with van der Waals surface area (Å²) in [5, 5.41) is 16.0. The fourth-order valence-electron chi connectivity index (χ4n) is 2.92. The minimum Gasteiger partial charge on any atom is -0.272 e. The molecule has 2 aromatic heterocycles. The number of rotatable bonds is 7. The van der Waals surface area contributed by atoms with Crippen molar-refractivity contribution in [3.63, 3.8) is 0 Å². The predicted octanol–water partition coefficient (Wildman–Crippen LogP) is 5.51. The molecule has 9 heteroatoms. The number of hydrogen-bond acceptors (Lipinski definition) is 6.